The molecule has 1 fully saturated rings. The molecule has 2 aliphatic rings. The van der Waals surface area contributed by atoms with Gasteiger partial charge in [0.25, 0.3) is 0 Å². The maximum atomic E-state index is 5.85. The molecule has 0 radical (unpaired) electrons. The van der Waals surface area contributed by atoms with E-state index in [1.54, 1.807) is 0 Å². The third kappa shape index (κ3) is 2.41. The SMILES string of the molecule is Clc1ccc(N=NC2=C3CCCN3CCC2)cc1. The Balaban J connectivity index is 1.81. The van der Waals surface area contributed by atoms with Crippen molar-refractivity contribution < 1.29 is 0 Å². The number of benzene rings is 1. The standard InChI is InChI=1S/C14H16ClN3/c15-11-5-7-12(8-6-11)16-17-13-3-1-9-18-10-2-4-14(13)18/h5-8H,1-4,9-10H2. The highest BCUT2D eigenvalue weighted by molar-refractivity contribution is 6.30. The molecule has 0 amide bonds. The highest BCUT2D eigenvalue weighted by atomic mass is 35.5. The first kappa shape index (κ1) is 11.7. The second kappa shape index (κ2) is 5.11. The van der Waals surface area contributed by atoms with Crippen molar-refractivity contribution in [3.8, 4) is 0 Å². The molecular formula is C14H16ClN3. The summed E-state index contributed by atoms with van der Waals surface area (Å²) in [6.07, 6.45) is 4.67. The Bertz CT molecular complexity index is 490. The van der Waals surface area contributed by atoms with Crippen molar-refractivity contribution in [3.63, 3.8) is 0 Å². The summed E-state index contributed by atoms with van der Waals surface area (Å²) >= 11 is 5.85. The predicted octanol–water partition coefficient (Wildman–Crippen LogP) is 4.52. The third-order valence-corrected chi connectivity index (χ3v) is 3.76. The van der Waals surface area contributed by atoms with E-state index in [4.69, 9.17) is 11.6 Å². The van der Waals surface area contributed by atoms with Crippen molar-refractivity contribution in [1.29, 1.82) is 0 Å². The summed E-state index contributed by atoms with van der Waals surface area (Å²) in [6.45, 7) is 2.38. The molecule has 0 aliphatic carbocycles. The Morgan fingerprint density at radius 2 is 1.67 bits per heavy atom. The predicted molar refractivity (Wildman–Crippen MR) is 73.0 cm³/mol. The lowest BCUT2D eigenvalue weighted by Crippen LogP contribution is -2.23. The highest BCUT2D eigenvalue weighted by Gasteiger charge is 2.24. The van der Waals surface area contributed by atoms with Crippen LogP contribution in [0.4, 0.5) is 5.69 Å². The van der Waals surface area contributed by atoms with Crippen molar-refractivity contribution in [2.24, 2.45) is 10.2 Å². The maximum absolute atomic E-state index is 5.85. The van der Waals surface area contributed by atoms with Crippen LogP contribution in [0.3, 0.4) is 0 Å². The molecule has 1 saturated heterocycles. The van der Waals surface area contributed by atoms with E-state index >= 15 is 0 Å². The zero-order chi connectivity index (χ0) is 12.4. The van der Waals surface area contributed by atoms with Crippen molar-refractivity contribution in [2.45, 2.75) is 25.7 Å². The van der Waals surface area contributed by atoms with E-state index < -0.39 is 0 Å². The Kier molecular flexibility index (Phi) is 3.33. The fourth-order valence-electron chi connectivity index (χ4n) is 2.62. The zero-order valence-electron chi connectivity index (χ0n) is 10.3. The number of fused-ring (bicyclic) bond motifs is 1. The van der Waals surface area contributed by atoms with Crippen LogP contribution >= 0.6 is 11.6 Å². The molecule has 0 unspecified atom stereocenters. The van der Waals surface area contributed by atoms with E-state index in [1.807, 2.05) is 24.3 Å². The number of allylic oxidation sites excluding steroid dienone is 2. The lowest BCUT2D eigenvalue weighted by atomic mass is 10.1. The van der Waals surface area contributed by atoms with Crippen LogP contribution in [0.25, 0.3) is 0 Å². The van der Waals surface area contributed by atoms with Crippen molar-refractivity contribution in [2.75, 3.05) is 13.1 Å². The van der Waals surface area contributed by atoms with Crippen LogP contribution in [0.5, 0.6) is 0 Å². The van der Waals surface area contributed by atoms with Gasteiger partial charge in [-0.05, 0) is 49.9 Å². The third-order valence-electron chi connectivity index (χ3n) is 3.51. The van der Waals surface area contributed by atoms with Crippen LogP contribution < -0.4 is 0 Å². The largest absolute Gasteiger partial charge is 0.373 e. The summed E-state index contributed by atoms with van der Waals surface area (Å²) in [5.41, 5.74) is 3.45. The van der Waals surface area contributed by atoms with E-state index in [2.05, 4.69) is 15.1 Å². The van der Waals surface area contributed by atoms with Crippen molar-refractivity contribution >= 4 is 17.3 Å². The second-order valence-corrected chi connectivity index (χ2v) is 5.20. The molecule has 3 nitrogen and oxygen atoms in total. The minimum atomic E-state index is 0.732. The van der Waals surface area contributed by atoms with Crippen LogP contribution in [-0.4, -0.2) is 18.0 Å². The molecule has 0 N–H and O–H groups in total. The summed E-state index contributed by atoms with van der Waals surface area (Å²) in [6, 6.07) is 7.48. The van der Waals surface area contributed by atoms with Crippen LogP contribution in [0.15, 0.2) is 45.9 Å². The Labute approximate surface area is 112 Å². The van der Waals surface area contributed by atoms with Crippen LogP contribution in [0, 0.1) is 0 Å². The fourth-order valence-corrected chi connectivity index (χ4v) is 2.75. The summed E-state index contributed by atoms with van der Waals surface area (Å²) in [7, 11) is 0. The van der Waals surface area contributed by atoms with Gasteiger partial charge < -0.3 is 4.90 Å². The van der Waals surface area contributed by atoms with Gasteiger partial charge in [-0.2, -0.15) is 10.2 Å². The normalized spacial score (nSPS) is 19.7. The number of halogens is 1. The van der Waals surface area contributed by atoms with Gasteiger partial charge in [-0.25, -0.2) is 0 Å². The van der Waals surface area contributed by atoms with Crippen LogP contribution in [0.2, 0.25) is 5.02 Å². The quantitative estimate of drug-likeness (QED) is 0.719. The van der Waals surface area contributed by atoms with Gasteiger partial charge in [-0.3, -0.25) is 0 Å². The van der Waals surface area contributed by atoms with Gasteiger partial charge in [0.05, 0.1) is 11.4 Å². The first-order valence-corrected chi connectivity index (χ1v) is 6.85. The monoisotopic (exact) mass is 261 g/mol. The van der Waals surface area contributed by atoms with Crippen LogP contribution in [-0.2, 0) is 0 Å². The van der Waals surface area contributed by atoms with Crippen molar-refractivity contribution in [3.05, 3.63) is 40.7 Å². The van der Waals surface area contributed by atoms with Gasteiger partial charge in [-0.15, -0.1) is 0 Å². The lowest BCUT2D eigenvalue weighted by Gasteiger charge is -2.25. The zero-order valence-corrected chi connectivity index (χ0v) is 11.0. The first-order chi connectivity index (χ1) is 8.83. The minimum absolute atomic E-state index is 0.732. The number of azo groups is 1. The summed E-state index contributed by atoms with van der Waals surface area (Å²) in [4.78, 5) is 2.46. The summed E-state index contributed by atoms with van der Waals surface area (Å²) in [5.74, 6) is 0. The van der Waals surface area contributed by atoms with E-state index in [0.717, 1.165) is 23.6 Å². The van der Waals surface area contributed by atoms with Gasteiger partial charge in [0, 0.05) is 23.8 Å². The molecule has 0 saturated carbocycles. The van der Waals surface area contributed by atoms with E-state index in [9.17, 15) is 0 Å². The van der Waals surface area contributed by atoms with E-state index in [0.29, 0.717) is 0 Å². The molecule has 0 atom stereocenters. The van der Waals surface area contributed by atoms with Gasteiger partial charge in [-0.1, -0.05) is 11.6 Å². The minimum Gasteiger partial charge on any atom is -0.373 e. The number of hydrogen-bond acceptors (Lipinski definition) is 3. The summed E-state index contributed by atoms with van der Waals surface area (Å²) in [5, 5.41) is 9.49. The van der Waals surface area contributed by atoms with Gasteiger partial charge in [0.1, 0.15) is 0 Å². The van der Waals surface area contributed by atoms with Gasteiger partial charge in [0.2, 0.25) is 0 Å². The van der Waals surface area contributed by atoms with Crippen molar-refractivity contribution in [1.82, 2.24) is 4.90 Å². The molecule has 2 heterocycles. The summed E-state index contributed by atoms with van der Waals surface area (Å²) < 4.78 is 0. The molecule has 0 spiro atoms. The average Bonchev–Trinajstić information content (AvgIpc) is 2.87. The Hall–Kier alpha value is -1.35. The van der Waals surface area contributed by atoms with Crippen LogP contribution in [0.1, 0.15) is 25.7 Å². The first-order valence-electron chi connectivity index (χ1n) is 6.47. The molecule has 94 valence electrons. The molecule has 18 heavy (non-hydrogen) atoms. The maximum Gasteiger partial charge on any atom is 0.0858 e. The molecule has 0 bridgehead atoms. The molecule has 4 heteroatoms. The number of hydrogen-bond donors (Lipinski definition) is 0. The molecule has 1 aromatic rings. The molecule has 0 aromatic heterocycles. The second-order valence-electron chi connectivity index (χ2n) is 4.76. The topological polar surface area (TPSA) is 28.0 Å². The number of rotatable bonds is 2. The molecule has 3 rings (SSSR count). The van der Waals surface area contributed by atoms with E-state index in [1.165, 1.54) is 37.3 Å². The van der Waals surface area contributed by atoms with E-state index in [-0.39, 0.29) is 0 Å². The average molecular weight is 262 g/mol. The molecule has 2 aliphatic heterocycles. The fraction of sp³-hybridized carbons (Fsp3) is 0.429. The number of nitrogens with zero attached hydrogens (tertiary/aromatic N) is 3. The highest BCUT2D eigenvalue weighted by Crippen LogP contribution is 2.32. The Morgan fingerprint density at radius 1 is 0.944 bits per heavy atom. The van der Waals surface area contributed by atoms with Gasteiger partial charge in [0.15, 0.2) is 0 Å². The lowest BCUT2D eigenvalue weighted by molar-refractivity contribution is 0.358. The molecular weight excluding hydrogens is 246 g/mol. The Morgan fingerprint density at radius 3 is 2.44 bits per heavy atom. The smallest absolute Gasteiger partial charge is 0.0858 e. The molecule has 1 aromatic carbocycles. The van der Waals surface area contributed by atoms with Gasteiger partial charge >= 0.3 is 0 Å².